The molecule has 2 N–H and O–H groups in total. The second kappa shape index (κ2) is 14.5. The van der Waals surface area contributed by atoms with Gasteiger partial charge in [-0.2, -0.15) is 0 Å². The number of carbonyl (C=O) groups is 1. The molecule has 2 aromatic carbocycles. The molecule has 2 aromatic rings. The number of ether oxygens (including phenoxy) is 1. The van der Waals surface area contributed by atoms with Crippen molar-refractivity contribution in [1.29, 1.82) is 0 Å². The highest BCUT2D eigenvalue weighted by Crippen LogP contribution is 2.48. The summed E-state index contributed by atoms with van der Waals surface area (Å²) in [4.78, 5) is 21.8. The van der Waals surface area contributed by atoms with Gasteiger partial charge in [-0.05, 0) is 123 Å². The molecule has 0 radical (unpaired) electrons. The molecule has 8 nitrogen and oxygen atoms in total. The maximum Gasteiger partial charge on any atom is 0.262 e. The lowest BCUT2D eigenvalue weighted by molar-refractivity contribution is 0.0207. The number of nitrogens with zero attached hydrogens (tertiary/aromatic N) is 3. The molecular formula is C41H58ClN5O3S. The summed E-state index contributed by atoms with van der Waals surface area (Å²) in [5, 5.41) is 4.20. The van der Waals surface area contributed by atoms with Gasteiger partial charge >= 0.3 is 0 Å². The fourth-order valence-electron chi connectivity index (χ4n) is 10.5. The number of hydrogen-bond acceptors (Lipinski definition) is 7. The molecule has 278 valence electrons. The van der Waals surface area contributed by atoms with E-state index in [0.717, 1.165) is 87.8 Å². The molecule has 10 heteroatoms. The van der Waals surface area contributed by atoms with Crippen LogP contribution in [0.25, 0.3) is 0 Å². The molecule has 2 saturated heterocycles. The van der Waals surface area contributed by atoms with Gasteiger partial charge in [-0.1, -0.05) is 31.0 Å². The van der Waals surface area contributed by atoms with E-state index < -0.39 is 9.71 Å². The van der Waals surface area contributed by atoms with E-state index in [-0.39, 0.29) is 22.5 Å². The maximum atomic E-state index is 14.0. The van der Waals surface area contributed by atoms with Crippen molar-refractivity contribution in [3.63, 3.8) is 0 Å². The quantitative estimate of drug-likeness (QED) is 0.389. The van der Waals surface area contributed by atoms with E-state index in [1.807, 2.05) is 31.2 Å². The van der Waals surface area contributed by atoms with Crippen molar-refractivity contribution in [2.24, 2.45) is 23.7 Å². The molecule has 8 rings (SSSR count). The molecule has 1 saturated carbocycles. The average molecular weight is 736 g/mol. The Morgan fingerprint density at radius 1 is 1.04 bits per heavy atom. The van der Waals surface area contributed by atoms with Crippen LogP contribution in [0.1, 0.15) is 80.3 Å². The summed E-state index contributed by atoms with van der Waals surface area (Å²) in [5.74, 6) is 6.69. The second-order valence-corrected chi connectivity index (χ2v) is 19.8. The van der Waals surface area contributed by atoms with Gasteiger partial charge < -0.3 is 19.9 Å². The average Bonchev–Trinajstić information content (AvgIpc) is 3.25. The van der Waals surface area contributed by atoms with E-state index in [2.05, 4.69) is 49.7 Å². The first-order valence-corrected chi connectivity index (χ1v) is 21.9. The summed E-state index contributed by atoms with van der Waals surface area (Å²) in [6, 6.07) is 12.8. The van der Waals surface area contributed by atoms with Crippen molar-refractivity contribution < 1.29 is 13.7 Å². The largest absolute Gasteiger partial charge is 0.490 e. The van der Waals surface area contributed by atoms with Crippen LogP contribution in [0, 0.1) is 23.7 Å². The topological polar surface area (TPSA) is 77.2 Å². The molecule has 1 amide bonds. The molecule has 4 aliphatic heterocycles. The van der Waals surface area contributed by atoms with Crippen LogP contribution in [0.4, 0.5) is 5.69 Å². The summed E-state index contributed by atoms with van der Waals surface area (Å²) in [6.45, 7) is 14.6. The highest BCUT2D eigenvalue weighted by atomic mass is 35.5. The number of nitrogens with one attached hydrogen (secondary N) is 2. The van der Waals surface area contributed by atoms with Gasteiger partial charge in [-0.25, -0.2) is 4.21 Å². The lowest BCUT2D eigenvalue weighted by Gasteiger charge is -2.49. The Kier molecular flexibility index (Phi) is 10.2. The lowest BCUT2D eigenvalue weighted by atomic mass is 9.65. The third-order valence-electron chi connectivity index (χ3n) is 13.9. The summed E-state index contributed by atoms with van der Waals surface area (Å²) >= 11 is 6.52. The van der Waals surface area contributed by atoms with Gasteiger partial charge in [0.2, 0.25) is 0 Å². The normalized spacial score (nSPS) is 36.5. The van der Waals surface area contributed by atoms with Crippen LogP contribution in [0.5, 0.6) is 5.75 Å². The van der Waals surface area contributed by atoms with E-state index in [1.165, 1.54) is 50.0 Å². The number of hydrogen-bond donors (Lipinski definition) is 2. The van der Waals surface area contributed by atoms with Gasteiger partial charge in [0.1, 0.15) is 5.75 Å². The third-order valence-corrected chi connectivity index (χ3v) is 16.3. The monoisotopic (exact) mass is 735 g/mol. The van der Waals surface area contributed by atoms with E-state index in [1.54, 1.807) is 0 Å². The number of benzene rings is 2. The van der Waals surface area contributed by atoms with Crippen molar-refractivity contribution in [1.82, 2.24) is 19.8 Å². The van der Waals surface area contributed by atoms with E-state index in [4.69, 9.17) is 16.3 Å². The minimum atomic E-state index is -2.87. The summed E-state index contributed by atoms with van der Waals surface area (Å²) in [7, 11) is -2.87. The van der Waals surface area contributed by atoms with Crippen LogP contribution in [-0.2, 0) is 21.5 Å². The molecule has 4 heterocycles. The number of fused-ring (bicyclic) bond motifs is 5. The molecule has 8 atom stereocenters. The standard InChI is InChI=1S/C41H58ClN5O3S/c1-28-6-4-7-32(23-45-18-19-46-17-16-43-22-35(46)25-45)36-12-9-33(36)24-47-26-41(15-5-8-30-20-34(42)11-13-37(30)41)27-50-39-14-10-31(21-38(39)47)40(48)44-51(3,49)29(28)2/h10-11,13-14,20-21,28-29,32-33,35-36,43H,3-9,12,15-19,22-27H2,1-2H3,(H,44,48,49)/t28-,29+,32+,33-,35-,36-,41-,51?/m0/s1. The zero-order chi connectivity index (χ0) is 35.3. The van der Waals surface area contributed by atoms with Crippen molar-refractivity contribution in [2.75, 3.05) is 70.4 Å². The van der Waals surface area contributed by atoms with E-state index in [0.29, 0.717) is 36.0 Å². The Labute approximate surface area is 311 Å². The zero-order valence-corrected chi connectivity index (χ0v) is 32.3. The molecule has 6 aliphatic rings. The van der Waals surface area contributed by atoms with Gasteiger partial charge in [0, 0.05) is 86.2 Å². The zero-order valence-electron chi connectivity index (χ0n) is 30.7. The Morgan fingerprint density at radius 2 is 1.92 bits per heavy atom. The van der Waals surface area contributed by atoms with Crippen molar-refractivity contribution in [3.05, 3.63) is 58.1 Å². The Hall–Kier alpha value is -2.30. The molecule has 51 heavy (non-hydrogen) atoms. The molecule has 2 bridgehead atoms. The van der Waals surface area contributed by atoms with Crippen molar-refractivity contribution >= 4 is 38.8 Å². The van der Waals surface area contributed by atoms with Gasteiger partial charge in [-0.15, -0.1) is 0 Å². The fourth-order valence-corrected chi connectivity index (χ4v) is 12.2. The van der Waals surface area contributed by atoms with Crippen LogP contribution in [0.2, 0.25) is 5.02 Å². The first-order valence-electron chi connectivity index (χ1n) is 19.7. The van der Waals surface area contributed by atoms with Crippen molar-refractivity contribution in [3.8, 4) is 5.75 Å². The van der Waals surface area contributed by atoms with Crippen LogP contribution in [0.3, 0.4) is 0 Å². The predicted molar refractivity (Wildman–Crippen MR) is 210 cm³/mol. The number of amides is 1. The Morgan fingerprint density at radius 3 is 2.76 bits per heavy atom. The van der Waals surface area contributed by atoms with E-state index in [9.17, 15) is 9.00 Å². The number of anilines is 1. The highest BCUT2D eigenvalue weighted by Gasteiger charge is 2.45. The smallest absolute Gasteiger partial charge is 0.262 e. The first kappa shape index (κ1) is 35.7. The number of carbonyl (C=O) groups excluding carboxylic acids is 1. The summed E-state index contributed by atoms with van der Waals surface area (Å²) in [5.41, 5.74) is 4.01. The molecule has 1 unspecified atom stereocenters. The number of halogens is 1. The first-order chi connectivity index (χ1) is 24.6. The number of aryl methyl sites for hydroxylation is 1. The number of piperazine rings is 2. The summed E-state index contributed by atoms with van der Waals surface area (Å²) in [6.07, 6.45) is 9.00. The minimum Gasteiger partial charge on any atom is -0.490 e. The third kappa shape index (κ3) is 7.19. The minimum absolute atomic E-state index is 0.167. The fraction of sp³-hybridized carbons (Fsp3) is 0.659. The van der Waals surface area contributed by atoms with Crippen molar-refractivity contribution in [2.45, 2.75) is 81.9 Å². The number of rotatable bonds is 2. The van der Waals surface area contributed by atoms with E-state index >= 15 is 0 Å². The Bertz CT molecular complexity index is 1720. The molecular weight excluding hydrogens is 678 g/mol. The lowest BCUT2D eigenvalue weighted by Crippen LogP contribution is -2.61. The van der Waals surface area contributed by atoms with Gasteiger partial charge in [0.15, 0.2) is 0 Å². The van der Waals surface area contributed by atoms with Gasteiger partial charge in [-0.3, -0.25) is 14.4 Å². The Balaban J connectivity index is 1.14. The molecule has 0 aromatic heterocycles. The predicted octanol–water partition coefficient (Wildman–Crippen LogP) is 5.61. The summed E-state index contributed by atoms with van der Waals surface area (Å²) < 4.78 is 23.7. The molecule has 2 aliphatic carbocycles. The molecule has 3 fully saturated rings. The maximum absolute atomic E-state index is 14.0. The molecule has 1 spiro atoms. The highest BCUT2D eigenvalue weighted by molar-refractivity contribution is 7.99. The van der Waals surface area contributed by atoms with Gasteiger partial charge in [0.05, 0.1) is 22.0 Å². The van der Waals surface area contributed by atoms with Crippen LogP contribution in [-0.4, -0.2) is 103 Å². The van der Waals surface area contributed by atoms with Crippen LogP contribution < -0.4 is 19.7 Å². The van der Waals surface area contributed by atoms with Crippen LogP contribution in [0.15, 0.2) is 36.4 Å². The SMILES string of the molecule is C=S1(=O)NC(=O)c2ccc3c(c2)N(C[C@@H]2CC[C@H]2[C@@H](CN2CCN4CCNC[C@H]4C2)CCC[C@H](C)[C@H]1C)C[C@@]1(CCCc2cc(Cl)ccc21)CO3. The van der Waals surface area contributed by atoms with Crippen LogP contribution >= 0.6 is 11.6 Å². The second-order valence-electron chi connectivity index (χ2n) is 17.0. The van der Waals surface area contributed by atoms with Gasteiger partial charge in [0.25, 0.3) is 5.91 Å².